The first kappa shape index (κ1) is 14.5. The van der Waals surface area contributed by atoms with Gasteiger partial charge in [0, 0.05) is 30.9 Å². The van der Waals surface area contributed by atoms with Gasteiger partial charge in [-0.05, 0) is 26.8 Å². The number of aryl methyl sites for hydroxylation is 1. The van der Waals surface area contributed by atoms with Crippen LogP contribution >= 0.6 is 0 Å². The summed E-state index contributed by atoms with van der Waals surface area (Å²) in [6.07, 6.45) is 4.08. The van der Waals surface area contributed by atoms with E-state index in [4.69, 9.17) is 0 Å². The van der Waals surface area contributed by atoms with Gasteiger partial charge in [0.1, 0.15) is 0 Å². The number of rotatable bonds is 4. The van der Waals surface area contributed by atoms with E-state index in [1.165, 1.54) is 0 Å². The largest absolute Gasteiger partial charge is 0.316 e. The second-order valence-electron chi connectivity index (χ2n) is 4.98. The van der Waals surface area contributed by atoms with Crippen LogP contribution in [-0.4, -0.2) is 43.1 Å². The maximum atomic E-state index is 12.7. The van der Waals surface area contributed by atoms with Crippen LogP contribution in [0.3, 0.4) is 0 Å². The van der Waals surface area contributed by atoms with Crippen molar-refractivity contribution in [2.75, 3.05) is 20.1 Å². The summed E-state index contributed by atoms with van der Waals surface area (Å²) >= 11 is 0. The van der Waals surface area contributed by atoms with Gasteiger partial charge in [-0.2, -0.15) is 9.40 Å². The molecule has 1 fully saturated rings. The Labute approximate surface area is 114 Å². The molecule has 2 rings (SSSR count). The van der Waals surface area contributed by atoms with Crippen LogP contribution in [0.4, 0.5) is 0 Å². The third-order valence-corrected chi connectivity index (χ3v) is 5.41. The smallest absolute Gasteiger partial charge is 0.262 e. The van der Waals surface area contributed by atoms with Crippen molar-refractivity contribution in [1.82, 2.24) is 19.8 Å². The predicted octanol–water partition coefficient (Wildman–Crippen LogP) is 1.00. The average Bonchev–Trinajstić information content (AvgIpc) is 2.61. The molecule has 0 saturated carbocycles. The lowest BCUT2D eigenvalue weighted by molar-refractivity contribution is 0.420. The minimum atomic E-state index is -3.47. The van der Waals surface area contributed by atoms with Gasteiger partial charge in [0.2, 0.25) is 0 Å². The Morgan fingerprint density at radius 3 is 2.47 bits per heavy atom. The number of aromatic nitrogens is 2. The molecule has 7 heteroatoms. The summed E-state index contributed by atoms with van der Waals surface area (Å²) in [6, 6.07) is 0. The van der Waals surface area contributed by atoms with Crippen molar-refractivity contribution in [1.29, 1.82) is 0 Å². The van der Waals surface area contributed by atoms with E-state index < -0.39 is 10.0 Å². The van der Waals surface area contributed by atoms with Gasteiger partial charge in [0.05, 0.1) is 0 Å². The minimum Gasteiger partial charge on any atom is -0.316 e. The standard InChI is InChI=1S/C12H22N4O2S/c1-10-11(9-13-2)12(15-14-10)19(17,18)16-7-5-3-4-6-8-16/h13H,3-9H2,1-2H3,(H,14,15). The third-order valence-electron chi connectivity index (χ3n) is 3.54. The van der Waals surface area contributed by atoms with Gasteiger partial charge >= 0.3 is 0 Å². The second kappa shape index (κ2) is 6.02. The minimum absolute atomic E-state index is 0.182. The average molecular weight is 286 g/mol. The van der Waals surface area contributed by atoms with Crippen LogP contribution in [0.5, 0.6) is 0 Å². The van der Waals surface area contributed by atoms with Crippen molar-refractivity contribution >= 4 is 10.0 Å². The van der Waals surface area contributed by atoms with Crippen molar-refractivity contribution in [2.45, 2.75) is 44.2 Å². The number of sulfonamides is 1. The molecule has 0 radical (unpaired) electrons. The zero-order valence-electron chi connectivity index (χ0n) is 11.6. The summed E-state index contributed by atoms with van der Waals surface area (Å²) in [5, 5.41) is 9.98. The fraction of sp³-hybridized carbons (Fsp3) is 0.750. The second-order valence-corrected chi connectivity index (χ2v) is 6.83. The van der Waals surface area contributed by atoms with Gasteiger partial charge in [-0.1, -0.05) is 12.8 Å². The Bertz CT molecular complexity index is 516. The maximum Gasteiger partial charge on any atom is 0.262 e. The number of nitrogens with one attached hydrogen (secondary N) is 2. The zero-order valence-corrected chi connectivity index (χ0v) is 12.4. The van der Waals surface area contributed by atoms with Crippen LogP contribution in [0.2, 0.25) is 0 Å². The van der Waals surface area contributed by atoms with Crippen molar-refractivity contribution in [3.8, 4) is 0 Å². The first-order valence-electron chi connectivity index (χ1n) is 6.76. The maximum absolute atomic E-state index is 12.7. The van der Waals surface area contributed by atoms with Crippen molar-refractivity contribution in [2.24, 2.45) is 0 Å². The van der Waals surface area contributed by atoms with Crippen LogP contribution in [0.25, 0.3) is 0 Å². The third kappa shape index (κ3) is 2.98. The Morgan fingerprint density at radius 2 is 1.89 bits per heavy atom. The number of H-pyrrole nitrogens is 1. The van der Waals surface area contributed by atoms with E-state index in [2.05, 4.69) is 15.5 Å². The molecule has 0 unspecified atom stereocenters. The lowest BCUT2D eigenvalue weighted by Crippen LogP contribution is -2.33. The molecular weight excluding hydrogens is 264 g/mol. The molecular formula is C12H22N4O2S. The molecule has 1 saturated heterocycles. The van der Waals surface area contributed by atoms with Crippen molar-refractivity contribution in [3.05, 3.63) is 11.3 Å². The molecule has 1 aliphatic heterocycles. The number of aromatic amines is 1. The molecule has 0 bridgehead atoms. The highest BCUT2D eigenvalue weighted by Crippen LogP contribution is 2.23. The van der Waals surface area contributed by atoms with Crippen LogP contribution in [-0.2, 0) is 16.6 Å². The van der Waals surface area contributed by atoms with E-state index >= 15 is 0 Å². The monoisotopic (exact) mass is 286 g/mol. The first-order valence-corrected chi connectivity index (χ1v) is 8.20. The highest BCUT2D eigenvalue weighted by molar-refractivity contribution is 7.89. The fourth-order valence-electron chi connectivity index (χ4n) is 2.43. The lowest BCUT2D eigenvalue weighted by atomic mass is 10.2. The Hall–Kier alpha value is -0.920. The van der Waals surface area contributed by atoms with E-state index in [9.17, 15) is 8.42 Å². The van der Waals surface area contributed by atoms with Gasteiger partial charge in [0.15, 0.2) is 5.03 Å². The normalized spacial score (nSPS) is 18.4. The van der Waals surface area contributed by atoms with Gasteiger partial charge < -0.3 is 5.32 Å². The first-order chi connectivity index (χ1) is 9.07. The lowest BCUT2D eigenvalue weighted by Gasteiger charge is -2.19. The molecule has 19 heavy (non-hydrogen) atoms. The van der Waals surface area contributed by atoms with Crippen LogP contribution in [0.15, 0.2) is 5.03 Å². The highest BCUT2D eigenvalue weighted by Gasteiger charge is 2.30. The molecule has 1 aromatic rings. The summed E-state index contributed by atoms with van der Waals surface area (Å²) in [5.74, 6) is 0. The molecule has 1 aromatic heterocycles. The SMILES string of the molecule is CNCc1c(S(=O)(=O)N2CCCCCC2)n[nH]c1C. The van der Waals surface area contributed by atoms with E-state index in [0.29, 0.717) is 19.6 Å². The van der Waals surface area contributed by atoms with Gasteiger partial charge in [-0.3, -0.25) is 5.10 Å². The summed E-state index contributed by atoms with van der Waals surface area (Å²) in [4.78, 5) is 0. The Kier molecular flexibility index (Phi) is 4.59. The molecule has 0 atom stereocenters. The summed E-state index contributed by atoms with van der Waals surface area (Å²) in [6.45, 7) is 3.56. The molecule has 2 N–H and O–H groups in total. The zero-order chi connectivity index (χ0) is 13.9. The van der Waals surface area contributed by atoms with Crippen LogP contribution in [0.1, 0.15) is 36.9 Å². The molecule has 0 aromatic carbocycles. The summed E-state index contributed by atoms with van der Waals surface area (Å²) in [5.41, 5.74) is 1.55. The predicted molar refractivity (Wildman–Crippen MR) is 73.3 cm³/mol. The van der Waals surface area contributed by atoms with E-state index in [-0.39, 0.29) is 5.03 Å². The fourth-order valence-corrected chi connectivity index (χ4v) is 4.11. The molecule has 108 valence electrons. The summed E-state index contributed by atoms with van der Waals surface area (Å²) < 4.78 is 26.9. The van der Waals surface area contributed by atoms with Crippen molar-refractivity contribution in [3.63, 3.8) is 0 Å². The Balaban J connectivity index is 2.32. The van der Waals surface area contributed by atoms with E-state index in [1.807, 2.05) is 6.92 Å². The van der Waals surface area contributed by atoms with Gasteiger partial charge in [-0.15, -0.1) is 0 Å². The quantitative estimate of drug-likeness (QED) is 0.865. The number of nitrogens with zero attached hydrogens (tertiary/aromatic N) is 2. The molecule has 1 aliphatic rings. The number of hydrogen-bond acceptors (Lipinski definition) is 4. The van der Waals surface area contributed by atoms with Crippen LogP contribution in [0, 0.1) is 6.92 Å². The Morgan fingerprint density at radius 1 is 1.26 bits per heavy atom. The summed E-state index contributed by atoms with van der Waals surface area (Å²) in [7, 11) is -1.67. The molecule has 0 spiro atoms. The molecule has 0 aliphatic carbocycles. The molecule has 2 heterocycles. The van der Waals surface area contributed by atoms with E-state index in [0.717, 1.165) is 36.9 Å². The molecule has 0 amide bonds. The molecule has 6 nitrogen and oxygen atoms in total. The van der Waals surface area contributed by atoms with E-state index in [1.54, 1.807) is 11.4 Å². The van der Waals surface area contributed by atoms with Crippen LogP contribution < -0.4 is 5.32 Å². The van der Waals surface area contributed by atoms with Gasteiger partial charge in [0.25, 0.3) is 10.0 Å². The number of hydrogen-bond donors (Lipinski definition) is 2. The highest BCUT2D eigenvalue weighted by atomic mass is 32.2. The topological polar surface area (TPSA) is 78.1 Å². The van der Waals surface area contributed by atoms with Gasteiger partial charge in [-0.25, -0.2) is 8.42 Å². The van der Waals surface area contributed by atoms with Crippen molar-refractivity contribution < 1.29 is 8.42 Å².